The van der Waals surface area contributed by atoms with Crippen LogP contribution in [0.25, 0.3) is 0 Å². The van der Waals surface area contributed by atoms with Crippen molar-refractivity contribution >= 4 is 5.91 Å². The van der Waals surface area contributed by atoms with Gasteiger partial charge in [0.2, 0.25) is 5.91 Å². The largest absolute Gasteiger partial charge is 0.338 e. The first-order valence-electron chi connectivity index (χ1n) is 5.40. The van der Waals surface area contributed by atoms with Crippen molar-refractivity contribution in [3.8, 4) is 0 Å². The molecule has 90 valence electrons. The molecule has 0 atom stereocenters. The molecule has 5 heteroatoms. The van der Waals surface area contributed by atoms with Crippen molar-refractivity contribution in [1.82, 2.24) is 20.1 Å². The van der Waals surface area contributed by atoms with Crippen molar-refractivity contribution in [3.05, 3.63) is 11.6 Å². The molecule has 0 radical (unpaired) electrons. The molecule has 0 unspecified atom stereocenters. The SMILES string of the molecule is Cc1nc(CN(C)C(=O)CC(C)(C)C)n[nH]1. The summed E-state index contributed by atoms with van der Waals surface area (Å²) in [5.74, 6) is 1.55. The van der Waals surface area contributed by atoms with Gasteiger partial charge in [0.25, 0.3) is 0 Å². The second kappa shape index (κ2) is 4.63. The van der Waals surface area contributed by atoms with Gasteiger partial charge in [-0.25, -0.2) is 4.98 Å². The predicted octanol–water partition coefficient (Wildman–Crippen LogP) is 1.51. The van der Waals surface area contributed by atoms with Crippen LogP contribution in [0.5, 0.6) is 0 Å². The molecule has 0 aliphatic heterocycles. The molecule has 0 aliphatic carbocycles. The Morgan fingerprint density at radius 1 is 1.44 bits per heavy atom. The maximum absolute atomic E-state index is 11.8. The molecule has 0 bridgehead atoms. The van der Waals surface area contributed by atoms with E-state index in [-0.39, 0.29) is 11.3 Å². The second-order valence-electron chi connectivity index (χ2n) is 5.32. The van der Waals surface area contributed by atoms with Crippen LogP contribution >= 0.6 is 0 Å². The van der Waals surface area contributed by atoms with Crippen molar-refractivity contribution in [2.75, 3.05) is 7.05 Å². The van der Waals surface area contributed by atoms with Gasteiger partial charge in [-0.15, -0.1) is 0 Å². The van der Waals surface area contributed by atoms with E-state index in [1.807, 2.05) is 6.92 Å². The molecule has 1 N–H and O–H groups in total. The highest BCUT2D eigenvalue weighted by Gasteiger charge is 2.19. The lowest BCUT2D eigenvalue weighted by molar-refractivity contribution is -0.132. The summed E-state index contributed by atoms with van der Waals surface area (Å²) < 4.78 is 0. The van der Waals surface area contributed by atoms with Crippen LogP contribution in [-0.2, 0) is 11.3 Å². The van der Waals surface area contributed by atoms with Crippen LogP contribution in [0.15, 0.2) is 0 Å². The molecular formula is C11H20N4O. The Bertz CT molecular complexity index is 364. The zero-order chi connectivity index (χ0) is 12.3. The van der Waals surface area contributed by atoms with Gasteiger partial charge in [-0.05, 0) is 12.3 Å². The first-order valence-corrected chi connectivity index (χ1v) is 5.40. The number of hydrogen-bond donors (Lipinski definition) is 1. The molecule has 0 aromatic carbocycles. The maximum Gasteiger partial charge on any atom is 0.223 e. The van der Waals surface area contributed by atoms with Gasteiger partial charge in [-0.1, -0.05) is 20.8 Å². The van der Waals surface area contributed by atoms with E-state index in [2.05, 4.69) is 36.0 Å². The molecule has 1 aromatic rings. The number of aromatic nitrogens is 3. The second-order valence-corrected chi connectivity index (χ2v) is 5.32. The van der Waals surface area contributed by atoms with Crippen molar-refractivity contribution in [1.29, 1.82) is 0 Å². The normalized spacial score (nSPS) is 11.6. The molecule has 0 saturated heterocycles. The molecule has 0 saturated carbocycles. The van der Waals surface area contributed by atoms with E-state index in [9.17, 15) is 4.79 Å². The first-order chi connectivity index (χ1) is 7.28. The van der Waals surface area contributed by atoms with E-state index < -0.39 is 0 Å². The summed E-state index contributed by atoms with van der Waals surface area (Å²) in [6.45, 7) is 8.45. The lowest BCUT2D eigenvalue weighted by Crippen LogP contribution is -2.30. The number of amides is 1. The number of aryl methyl sites for hydroxylation is 1. The molecule has 0 spiro atoms. The zero-order valence-corrected chi connectivity index (χ0v) is 10.7. The van der Waals surface area contributed by atoms with Gasteiger partial charge in [0.15, 0.2) is 5.82 Å². The topological polar surface area (TPSA) is 61.9 Å². The van der Waals surface area contributed by atoms with Crippen molar-refractivity contribution in [2.45, 2.75) is 40.7 Å². The third kappa shape index (κ3) is 4.00. The van der Waals surface area contributed by atoms with Gasteiger partial charge in [0.05, 0.1) is 6.54 Å². The maximum atomic E-state index is 11.8. The van der Waals surface area contributed by atoms with Crippen LogP contribution < -0.4 is 0 Å². The lowest BCUT2D eigenvalue weighted by Gasteiger charge is -2.22. The van der Waals surface area contributed by atoms with Gasteiger partial charge in [0.1, 0.15) is 5.82 Å². The minimum atomic E-state index is 0.0142. The monoisotopic (exact) mass is 224 g/mol. The van der Waals surface area contributed by atoms with E-state index >= 15 is 0 Å². The fourth-order valence-corrected chi connectivity index (χ4v) is 1.35. The average Bonchev–Trinajstić information content (AvgIpc) is 2.48. The molecule has 1 rings (SSSR count). The van der Waals surface area contributed by atoms with Gasteiger partial charge in [0, 0.05) is 13.5 Å². The van der Waals surface area contributed by atoms with Gasteiger partial charge >= 0.3 is 0 Å². The van der Waals surface area contributed by atoms with E-state index in [1.165, 1.54) is 0 Å². The molecule has 0 fully saturated rings. The summed E-state index contributed by atoms with van der Waals surface area (Å²) >= 11 is 0. The van der Waals surface area contributed by atoms with Gasteiger partial charge in [-0.2, -0.15) is 5.10 Å². The van der Waals surface area contributed by atoms with E-state index in [0.29, 0.717) is 18.8 Å². The standard InChI is InChI=1S/C11H20N4O/c1-8-12-9(14-13-8)7-15(5)10(16)6-11(2,3)4/h6-7H2,1-5H3,(H,12,13,14). The van der Waals surface area contributed by atoms with Crippen LogP contribution in [0.1, 0.15) is 38.8 Å². The fraction of sp³-hybridized carbons (Fsp3) is 0.727. The molecular weight excluding hydrogens is 204 g/mol. The van der Waals surface area contributed by atoms with Crippen molar-refractivity contribution < 1.29 is 4.79 Å². The highest BCUT2D eigenvalue weighted by Crippen LogP contribution is 2.19. The summed E-state index contributed by atoms with van der Waals surface area (Å²) in [5.41, 5.74) is 0.0142. The van der Waals surface area contributed by atoms with Gasteiger partial charge in [-0.3, -0.25) is 9.89 Å². The Morgan fingerprint density at radius 3 is 2.50 bits per heavy atom. The average molecular weight is 224 g/mol. The summed E-state index contributed by atoms with van der Waals surface area (Å²) in [6.07, 6.45) is 0.535. The fourth-order valence-electron chi connectivity index (χ4n) is 1.35. The Hall–Kier alpha value is -1.39. The number of aromatic amines is 1. The third-order valence-electron chi connectivity index (χ3n) is 2.13. The Balaban J connectivity index is 2.52. The van der Waals surface area contributed by atoms with Crippen molar-refractivity contribution in [2.24, 2.45) is 5.41 Å². The highest BCUT2D eigenvalue weighted by molar-refractivity contribution is 5.76. The Morgan fingerprint density at radius 2 is 2.06 bits per heavy atom. The Kier molecular flexibility index (Phi) is 3.67. The van der Waals surface area contributed by atoms with E-state index in [4.69, 9.17) is 0 Å². The number of nitrogens with zero attached hydrogens (tertiary/aromatic N) is 3. The van der Waals surface area contributed by atoms with E-state index in [1.54, 1.807) is 11.9 Å². The molecule has 0 aliphatic rings. The minimum absolute atomic E-state index is 0.0142. The third-order valence-corrected chi connectivity index (χ3v) is 2.13. The minimum Gasteiger partial charge on any atom is -0.338 e. The summed E-state index contributed by atoms with van der Waals surface area (Å²) in [4.78, 5) is 17.7. The van der Waals surface area contributed by atoms with Crippen LogP contribution in [0.3, 0.4) is 0 Å². The first kappa shape index (κ1) is 12.7. The molecule has 5 nitrogen and oxygen atoms in total. The summed E-state index contributed by atoms with van der Waals surface area (Å²) in [7, 11) is 1.78. The highest BCUT2D eigenvalue weighted by atomic mass is 16.2. The predicted molar refractivity (Wildman–Crippen MR) is 61.7 cm³/mol. The Labute approximate surface area is 96.3 Å². The molecule has 16 heavy (non-hydrogen) atoms. The van der Waals surface area contributed by atoms with Gasteiger partial charge < -0.3 is 4.90 Å². The number of carbonyl (C=O) groups excluding carboxylic acids is 1. The number of hydrogen-bond acceptors (Lipinski definition) is 3. The van der Waals surface area contributed by atoms with Crippen LogP contribution in [0.2, 0.25) is 0 Å². The van der Waals surface area contributed by atoms with Crippen molar-refractivity contribution in [3.63, 3.8) is 0 Å². The smallest absolute Gasteiger partial charge is 0.223 e. The van der Waals surface area contributed by atoms with Crippen LogP contribution in [-0.4, -0.2) is 33.0 Å². The number of H-pyrrole nitrogens is 1. The quantitative estimate of drug-likeness (QED) is 0.846. The molecule has 1 aromatic heterocycles. The number of nitrogens with one attached hydrogen (secondary N) is 1. The molecule has 1 heterocycles. The lowest BCUT2D eigenvalue weighted by atomic mass is 9.92. The summed E-state index contributed by atoms with van der Waals surface area (Å²) in [5, 5.41) is 6.77. The number of carbonyl (C=O) groups is 1. The molecule has 1 amide bonds. The van der Waals surface area contributed by atoms with Crippen LogP contribution in [0.4, 0.5) is 0 Å². The number of rotatable bonds is 3. The zero-order valence-electron chi connectivity index (χ0n) is 10.7. The van der Waals surface area contributed by atoms with Crippen LogP contribution in [0, 0.1) is 12.3 Å². The summed E-state index contributed by atoms with van der Waals surface area (Å²) in [6, 6.07) is 0. The van der Waals surface area contributed by atoms with E-state index in [0.717, 1.165) is 5.82 Å².